The number of aromatic nitrogens is 2. The second-order valence-corrected chi connectivity index (χ2v) is 10.1. The van der Waals surface area contributed by atoms with E-state index in [0.29, 0.717) is 23.9 Å². The number of aryl methyl sites for hydroxylation is 1. The van der Waals surface area contributed by atoms with Gasteiger partial charge in [-0.1, -0.05) is 62.4 Å². The first-order chi connectivity index (χ1) is 18.5. The molecule has 1 fully saturated rings. The summed E-state index contributed by atoms with van der Waals surface area (Å²) < 4.78 is 5.54. The van der Waals surface area contributed by atoms with Gasteiger partial charge in [0.15, 0.2) is 0 Å². The van der Waals surface area contributed by atoms with Crippen molar-refractivity contribution < 1.29 is 4.74 Å². The molecule has 1 aliphatic heterocycles. The van der Waals surface area contributed by atoms with Gasteiger partial charge in [-0.05, 0) is 48.1 Å². The van der Waals surface area contributed by atoms with Gasteiger partial charge in [-0.3, -0.25) is 9.78 Å². The molecule has 0 aliphatic carbocycles. The molecule has 3 aromatic rings. The lowest BCUT2D eigenvalue weighted by atomic mass is 10.1. The Morgan fingerprint density at radius 3 is 2.53 bits per heavy atom. The van der Waals surface area contributed by atoms with Crippen LogP contribution < -0.4 is 20.3 Å². The Bertz CT molecular complexity index is 1250. The molecule has 7 heteroatoms. The van der Waals surface area contributed by atoms with E-state index in [0.717, 1.165) is 64.1 Å². The zero-order valence-electron chi connectivity index (χ0n) is 23.1. The van der Waals surface area contributed by atoms with Crippen molar-refractivity contribution in [3.8, 4) is 0 Å². The Labute approximate surface area is 226 Å². The molecule has 2 aromatic carbocycles. The summed E-state index contributed by atoms with van der Waals surface area (Å²) in [4.78, 5) is 27.8. The lowest BCUT2D eigenvalue weighted by Crippen LogP contribution is -2.36. The molecular weight excluding hydrogens is 474 g/mol. The molecule has 1 aliphatic rings. The topological polar surface area (TPSA) is 64.7 Å². The van der Waals surface area contributed by atoms with Crippen molar-refractivity contribution in [1.82, 2.24) is 9.97 Å². The van der Waals surface area contributed by atoms with Crippen molar-refractivity contribution in [2.24, 2.45) is 0 Å². The molecule has 0 amide bonds. The summed E-state index contributed by atoms with van der Waals surface area (Å²) in [5, 5.41) is 0. The third-order valence-electron chi connectivity index (χ3n) is 6.91. The van der Waals surface area contributed by atoms with Gasteiger partial charge < -0.3 is 19.4 Å². The molecular formula is C31H41N5O2. The molecule has 0 unspecified atom stereocenters. The molecule has 4 rings (SSSR count). The summed E-state index contributed by atoms with van der Waals surface area (Å²) in [6, 6.07) is 19.2. The molecule has 1 saturated heterocycles. The van der Waals surface area contributed by atoms with E-state index < -0.39 is 0 Å². The van der Waals surface area contributed by atoms with E-state index in [2.05, 4.69) is 76.8 Å². The zero-order chi connectivity index (χ0) is 26.9. The molecule has 0 spiro atoms. The lowest BCUT2D eigenvalue weighted by molar-refractivity contribution is 0.122. The minimum atomic E-state index is -0.137. The number of nitrogens with one attached hydrogen (secondary N) is 1. The van der Waals surface area contributed by atoms with Crippen LogP contribution in [0.15, 0.2) is 66.0 Å². The molecule has 1 N–H and O–H groups in total. The first kappa shape index (κ1) is 27.5. The third-order valence-corrected chi connectivity index (χ3v) is 6.91. The Morgan fingerprint density at radius 2 is 1.82 bits per heavy atom. The van der Waals surface area contributed by atoms with Gasteiger partial charge in [-0.15, -0.1) is 0 Å². The number of hydrogen-bond acceptors (Lipinski definition) is 6. The quantitative estimate of drug-likeness (QED) is 0.361. The number of morpholine rings is 1. The summed E-state index contributed by atoms with van der Waals surface area (Å²) in [6.45, 7) is 11.1. The van der Waals surface area contributed by atoms with Gasteiger partial charge in [0.1, 0.15) is 5.69 Å². The Hall–Kier alpha value is -3.58. The average molecular weight is 516 g/mol. The number of aromatic amines is 1. The fraction of sp³-hybridized carbons (Fsp3) is 0.419. The maximum Gasteiger partial charge on any atom is 0.276 e. The molecule has 38 heavy (non-hydrogen) atoms. The van der Waals surface area contributed by atoms with Gasteiger partial charge in [0, 0.05) is 46.0 Å². The minimum absolute atomic E-state index is 0.137. The molecule has 0 bridgehead atoms. The van der Waals surface area contributed by atoms with E-state index in [1.54, 1.807) is 0 Å². The van der Waals surface area contributed by atoms with E-state index >= 15 is 0 Å². The van der Waals surface area contributed by atoms with Crippen molar-refractivity contribution >= 4 is 22.9 Å². The second kappa shape index (κ2) is 13.3. The molecule has 2 heterocycles. The summed E-state index contributed by atoms with van der Waals surface area (Å²) >= 11 is 0. The van der Waals surface area contributed by atoms with Crippen molar-refractivity contribution in [3.63, 3.8) is 0 Å². The number of anilines is 3. The predicted octanol–water partition coefficient (Wildman–Crippen LogP) is 5.13. The fourth-order valence-electron chi connectivity index (χ4n) is 4.96. The normalized spacial score (nSPS) is 13.4. The monoisotopic (exact) mass is 515 g/mol. The predicted molar refractivity (Wildman–Crippen MR) is 158 cm³/mol. The van der Waals surface area contributed by atoms with Gasteiger partial charge in [-0.2, -0.15) is 0 Å². The SMILES string of the molecule is C=C(CCC)c1nc(N(CCCc2ccccc2)Cc2cccc(N3CCOCC3)c2)[nH]c(=O)c1N(C)C. The zero-order valence-corrected chi connectivity index (χ0v) is 23.1. The van der Waals surface area contributed by atoms with Gasteiger partial charge in [-0.25, -0.2) is 4.98 Å². The van der Waals surface area contributed by atoms with Crippen molar-refractivity contribution in [3.05, 3.63) is 88.4 Å². The van der Waals surface area contributed by atoms with Crippen LogP contribution in [0.1, 0.15) is 43.0 Å². The van der Waals surface area contributed by atoms with Crippen LogP contribution in [-0.4, -0.2) is 56.9 Å². The fourth-order valence-corrected chi connectivity index (χ4v) is 4.96. The molecule has 0 saturated carbocycles. The highest BCUT2D eigenvalue weighted by Crippen LogP contribution is 2.26. The standard InChI is InChI=1S/C31H41N5O2/c1-5-11-24(2)28-29(34(3)4)30(37)33-31(32-28)36(17-10-15-25-12-7-6-8-13-25)23-26-14-9-16-27(22-26)35-18-20-38-21-19-35/h6-9,12-14,16,22H,2,5,10-11,15,17-21,23H2,1,3-4H3,(H,32,33,37). The van der Waals surface area contributed by atoms with Crippen molar-refractivity contribution in [1.29, 1.82) is 0 Å². The maximum atomic E-state index is 13.3. The van der Waals surface area contributed by atoms with E-state index in [1.165, 1.54) is 16.8 Å². The Balaban J connectivity index is 1.65. The number of allylic oxidation sites excluding steroid dienone is 1. The largest absolute Gasteiger partial charge is 0.378 e. The second-order valence-electron chi connectivity index (χ2n) is 10.1. The lowest BCUT2D eigenvalue weighted by Gasteiger charge is -2.30. The van der Waals surface area contributed by atoms with Crippen LogP contribution >= 0.6 is 0 Å². The van der Waals surface area contributed by atoms with Crippen LogP contribution in [0.25, 0.3) is 5.57 Å². The number of nitrogens with zero attached hydrogens (tertiary/aromatic N) is 4. The van der Waals surface area contributed by atoms with Crippen LogP contribution in [0.4, 0.5) is 17.3 Å². The highest BCUT2D eigenvalue weighted by Gasteiger charge is 2.20. The molecule has 1 aromatic heterocycles. The van der Waals surface area contributed by atoms with Crippen molar-refractivity contribution in [2.45, 2.75) is 39.2 Å². The van der Waals surface area contributed by atoms with E-state index in [-0.39, 0.29) is 5.56 Å². The van der Waals surface area contributed by atoms with E-state index in [9.17, 15) is 4.79 Å². The van der Waals surface area contributed by atoms with Gasteiger partial charge in [0.25, 0.3) is 5.56 Å². The number of hydrogen-bond donors (Lipinski definition) is 1. The Kier molecular flexibility index (Phi) is 9.60. The number of ether oxygens (including phenoxy) is 1. The summed E-state index contributed by atoms with van der Waals surface area (Å²) in [5.74, 6) is 0.595. The summed E-state index contributed by atoms with van der Waals surface area (Å²) in [7, 11) is 3.76. The van der Waals surface area contributed by atoms with E-state index in [4.69, 9.17) is 9.72 Å². The molecule has 7 nitrogen and oxygen atoms in total. The van der Waals surface area contributed by atoms with Gasteiger partial charge >= 0.3 is 0 Å². The van der Waals surface area contributed by atoms with Crippen LogP contribution in [0, 0.1) is 0 Å². The third kappa shape index (κ3) is 7.04. The van der Waals surface area contributed by atoms with Gasteiger partial charge in [0.05, 0.1) is 18.9 Å². The van der Waals surface area contributed by atoms with E-state index in [1.807, 2.05) is 25.1 Å². The highest BCUT2D eigenvalue weighted by atomic mass is 16.5. The molecule has 0 radical (unpaired) electrons. The van der Waals surface area contributed by atoms with Crippen LogP contribution in [0.2, 0.25) is 0 Å². The van der Waals surface area contributed by atoms with Crippen molar-refractivity contribution in [2.75, 3.05) is 61.6 Å². The van der Waals surface area contributed by atoms with Gasteiger partial charge in [0.2, 0.25) is 5.95 Å². The highest BCUT2D eigenvalue weighted by molar-refractivity contribution is 5.73. The maximum absolute atomic E-state index is 13.3. The molecule has 202 valence electrons. The number of H-pyrrole nitrogens is 1. The Morgan fingerprint density at radius 1 is 1.08 bits per heavy atom. The van der Waals surface area contributed by atoms with Crippen LogP contribution in [-0.2, 0) is 17.7 Å². The average Bonchev–Trinajstić information content (AvgIpc) is 2.93. The first-order valence-corrected chi connectivity index (χ1v) is 13.7. The van der Waals surface area contributed by atoms with Crippen LogP contribution in [0.3, 0.4) is 0 Å². The summed E-state index contributed by atoms with van der Waals surface area (Å²) in [6.07, 6.45) is 3.65. The van der Waals surface area contributed by atoms with Crippen LogP contribution in [0.5, 0.6) is 0 Å². The summed E-state index contributed by atoms with van der Waals surface area (Å²) in [5.41, 5.74) is 5.70. The number of rotatable bonds is 12. The molecule has 0 atom stereocenters. The first-order valence-electron chi connectivity index (χ1n) is 13.7. The smallest absolute Gasteiger partial charge is 0.276 e. The minimum Gasteiger partial charge on any atom is -0.378 e. The number of benzene rings is 2.